The van der Waals surface area contributed by atoms with Crippen LogP contribution in [0.15, 0.2) is 77.7 Å². The molecule has 0 aliphatic rings. The first-order chi connectivity index (χ1) is 19.8. The van der Waals surface area contributed by atoms with Crippen molar-refractivity contribution in [1.82, 2.24) is 10.2 Å². The summed E-state index contributed by atoms with van der Waals surface area (Å²) in [6.45, 7) is 4.60. The average molecular weight is 606 g/mol. The topological polar surface area (TPSA) is 96.0 Å². The molecule has 0 spiro atoms. The number of carbonyl (C=O) groups is 2. The van der Waals surface area contributed by atoms with Crippen LogP contribution in [0, 0.1) is 6.92 Å². The Bertz CT molecular complexity index is 1480. The highest BCUT2D eigenvalue weighted by atomic mass is 32.2. The van der Waals surface area contributed by atoms with E-state index in [9.17, 15) is 31.2 Å². The number of nitrogens with zero attached hydrogens (tertiary/aromatic N) is 2. The highest BCUT2D eigenvalue weighted by Crippen LogP contribution is 2.33. The van der Waals surface area contributed by atoms with Crippen molar-refractivity contribution in [3.8, 4) is 5.75 Å². The first-order valence-corrected chi connectivity index (χ1v) is 14.7. The van der Waals surface area contributed by atoms with Crippen molar-refractivity contribution in [2.45, 2.75) is 50.9 Å². The number of methoxy groups -OCH3 is 1. The van der Waals surface area contributed by atoms with Gasteiger partial charge in [0.1, 0.15) is 18.3 Å². The Morgan fingerprint density at radius 3 is 2.17 bits per heavy atom. The lowest BCUT2D eigenvalue weighted by Gasteiger charge is -2.33. The molecular weight excluding hydrogens is 571 g/mol. The van der Waals surface area contributed by atoms with Crippen LogP contribution >= 0.6 is 0 Å². The molecule has 1 N–H and O–H groups in total. The van der Waals surface area contributed by atoms with Gasteiger partial charge in [-0.05, 0) is 68.3 Å². The van der Waals surface area contributed by atoms with Crippen LogP contribution in [0.25, 0.3) is 0 Å². The fourth-order valence-electron chi connectivity index (χ4n) is 4.34. The number of hydrogen-bond acceptors (Lipinski definition) is 5. The van der Waals surface area contributed by atoms with E-state index in [0.29, 0.717) is 28.2 Å². The third-order valence-corrected chi connectivity index (χ3v) is 8.39. The molecule has 2 amide bonds. The van der Waals surface area contributed by atoms with E-state index in [-0.39, 0.29) is 23.5 Å². The van der Waals surface area contributed by atoms with Gasteiger partial charge in [-0.2, -0.15) is 13.2 Å². The van der Waals surface area contributed by atoms with Crippen molar-refractivity contribution in [2.75, 3.05) is 24.5 Å². The maximum Gasteiger partial charge on any atom is 0.416 e. The smallest absolute Gasteiger partial charge is 0.416 e. The number of benzene rings is 3. The quantitative estimate of drug-likeness (QED) is 0.308. The summed E-state index contributed by atoms with van der Waals surface area (Å²) in [6, 6.07) is 15.4. The summed E-state index contributed by atoms with van der Waals surface area (Å²) in [5.74, 6) is -0.627. The Morgan fingerprint density at radius 2 is 1.62 bits per heavy atom. The largest absolute Gasteiger partial charge is 0.497 e. The molecule has 42 heavy (non-hydrogen) atoms. The fourth-order valence-corrected chi connectivity index (χ4v) is 5.75. The Balaban J connectivity index is 2.11. The van der Waals surface area contributed by atoms with Crippen LogP contribution < -0.4 is 14.4 Å². The lowest BCUT2D eigenvalue weighted by Crippen LogP contribution is -2.52. The van der Waals surface area contributed by atoms with Gasteiger partial charge in [-0.3, -0.25) is 13.9 Å². The number of sulfonamides is 1. The van der Waals surface area contributed by atoms with Crippen LogP contribution in [0.4, 0.5) is 18.9 Å². The van der Waals surface area contributed by atoms with E-state index in [2.05, 4.69) is 5.32 Å². The summed E-state index contributed by atoms with van der Waals surface area (Å²) in [7, 11) is -3.00. The molecule has 0 heterocycles. The van der Waals surface area contributed by atoms with E-state index in [4.69, 9.17) is 4.74 Å². The Kier molecular flexibility index (Phi) is 10.6. The second-order valence-corrected chi connectivity index (χ2v) is 11.4. The van der Waals surface area contributed by atoms with Gasteiger partial charge in [0.2, 0.25) is 11.8 Å². The molecule has 0 bridgehead atoms. The number of aryl methyl sites for hydroxylation is 1. The number of ether oxygens (including phenoxy) is 1. The Morgan fingerprint density at radius 1 is 0.976 bits per heavy atom. The van der Waals surface area contributed by atoms with E-state index >= 15 is 0 Å². The minimum atomic E-state index is -4.74. The SMILES string of the molecule is CCNC(=O)[C@@H](CC)N(Cc1ccc(OC)cc1)C(=O)CN(c1cccc(C(F)(F)F)c1)S(=O)(=O)c1ccc(C)cc1. The van der Waals surface area contributed by atoms with E-state index < -0.39 is 46.2 Å². The molecule has 1 atom stereocenters. The van der Waals surface area contributed by atoms with Crippen LogP contribution in [0.5, 0.6) is 5.75 Å². The summed E-state index contributed by atoms with van der Waals surface area (Å²) in [5.41, 5.74) is 0.00236. The lowest BCUT2D eigenvalue weighted by atomic mass is 10.1. The van der Waals surface area contributed by atoms with Gasteiger partial charge in [0.25, 0.3) is 10.0 Å². The number of rotatable bonds is 12. The molecule has 0 radical (unpaired) electrons. The van der Waals surface area contributed by atoms with Crippen molar-refractivity contribution in [1.29, 1.82) is 0 Å². The summed E-state index contributed by atoms with van der Waals surface area (Å²) >= 11 is 0. The minimum absolute atomic E-state index is 0.0561. The van der Waals surface area contributed by atoms with Gasteiger partial charge in [-0.15, -0.1) is 0 Å². The van der Waals surface area contributed by atoms with E-state index in [0.717, 1.165) is 17.7 Å². The predicted octanol–water partition coefficient (Wildman–Crippen LogP) is 5.16. The second kappa shape index (κ2) is 13.7. The molecule has 0 aliphatic heterocycles. The van der Waals surface area contributed by atoms with Gasteiger partial charge >= 0.3 is 6.18 Å². The number of carbonyl (C=O) groups excluding carboxylic acids is 2. The van der Waals surface area contributed by atoms with Crippen LogP contribution in [-0.2, 0) is 32.3 Å². The number of hydrogen-bond donors (Lipinski definition) is 1. The number of halogens is 3. The Labute approximate surface area is 244 Å². The molecule has 8 nitrogen and oxygen atoms in total. The summed E-state index contributed by atoms with van der Waals surface area (Å²) in [4.78, 5) is 28.0. The molecule has 226 valence electrons. The average Bonchev–Trinajstić information content (AvgIpc) is 2.96. The zero-order valence-electron chi connectivity index (χ0n) is 23.8. The maximum atomic E-state index is 14.0. The van der Waals surface area contributed by atoms with Crippen molar-refractivity contribution in [3.63, 3.8) is 0 Å². The monoisotopic (exact) mass is 605 g/mol. The van der Waals surface area contributed by atoms with Crippen molar-refractivity contribution < 1.29 is 35.9 Å². The van der Waals surface area contributed by atoms with Gasteiger partial charge in [0.05, 0.1) is 23.3 Å². The number of anilines is 1. The highest BCUT2D eigenvalue weighted by Gasteiger charge is 2.35. The number of nitrogens with one attached hydrogen (secondary N) is 1. The molecule has 0 saturated heterocycles. The van der Waals surface area contributed by atoms with E-state index in [1.54, 1.807) is 57.2 Å². The molecule has 3 rings (SSSR count). The lowest BCUT2D eigenvalue weighted by molar-refractivity contribution is -0.140. The summed E-state index contributed by atoms with van der Waals surface area (Å²) in [6.07, 6.45) is -4.53. The first kappa shape index (κ1) is 32.5. The van der Waals surface area contributed by atoms with Gasteiger partial charge in [0, 0.05) is 13.1 Å². The van der Waals surface area contributed by atoms with Crippen molar-refractivity contribution >= 4 is 27.5 Å². The fraction of sp³-hybridized carbons (Fsp3) is 0.333. The van der Waals surface area contributed by atoms with Crippen LogP contribution in [0.2, 0.25) is 0 Å². The molecule has 0 aromatic heterocycles. The zero-order chi connectivity index (χ0) is 31.1. The molecule has 0 fully saturated rings. The zero-order valence-corrected chi connectivity index (χ0v) is 24.6. The first-order valence-electron chi connectivity index (χ1n) is 13.3. The molecule has 0 aliphatic carbocycles. The van der Waals surface area contributed by atoms with E-state index in [1.807, 2.05) is 0 Å². The number of likely N-dealkylation sites (N-methyl/N-ethyl adjacent to an activating group) is 1. The maximum absolute atomic E-state index is 14.0. The Hall–Kier alpha value is -4.06. The van der Waals surface area contributed by atoms with E-state index in [1.165, 1.54) is 30.2 Å². The van der Waals surface area contributed by atoms with Crippen molar-refractivity contribution in [2.24, 2.45) is 0 Å². The van der Waals surface area contributed by atoms with Crippen LogP contribution in [0.1, 0.15) is 37.0 Å². The summed E-state index contributed by atoms with van der Waals surface area (Å²) < 4.78 is 74.3. The van der Waals surface area contributed by atoms with Gasteiger partial charge in [-0.1, -0.05) is 42.8 Å². The third kappa shape index (κ3) is 7.81. The van der Waals surface area contributed by atoms with Crippen LogP contribution in [0.3, 0.4) is 0 Å². The molecule has 12 heteroatoms. The molecule has 0 unspecified atom stereocenters. The summed E-state index contributed by atoms with van der Waals surface area (Å²) in [5, 5.41) is 2.70. The second-order valence-electron chi connectivity index (χ2n) is 9.56. The standard InChI is InChI=1S/C30H34F3N3O5S/c1-5-27(29(38)34-6-2)35(19-22-12-14-25(41-4)15-13-22)28(37)20-36(24-9-7-8-23(18-24)30(31,32)33)42(39,40)26-16-10-21(3)11-17-26/h7-18,27H,5-6,19-20H2,1-4H3,(H,34,38)/t27-/m1/s1. The normalized spacial score (nSPS) is 12.4. The third-order valence-electron chi connectivity index (χ3n) is 6.60. The number of amides is 2. The van der Waals surface area contributed by atoms with Gasteiger partial charge in [0.15, 0.2) is 0 Å². The molecule has 3 aromatic rings. The van der Waals surface area contributed by atoms with Crippen LogP contribution in [-0.4, -0.2) is 51.4 Å². The minimum Gasteiger partial charge on any atom is -0.497 e. The number of alkyl halides is 3. The molecule has 3 aromatic carbocycles. The van der Waals surface area contributed by atoms with Gasteiger partial charge in [-0.25, -0.2) is 8.42 Å². The molecular formula is C30H34F3N3O5S. The predicted molar refractivity (Wildman–Crippen MR) is 153 cm³/mol. The van der Waals surface area contributed by atoms with Crippen molar-refractivity contribution in [3.05, 3.63) is 89.5 Å². The highest BCUT2D eigenvalue weighted by molar-refractivity contribution is 7.92. The van der Waals surface area contributed by atoms with Gasteiger partial charge < -0.3 is 15.0 Å². The molecule has 0 saturated carbocycles.